The van der Waals surface area contributed by atoms with Crippen molar-refractivity contribution in [3.63, 3.8) is 0 Å². The van der Waals surface area contributed by atoms with Crippen LogP contribution in [0.4, 0.5) is 13.2 Å². The molecule has 0 aliphatic heterocycles. The Morgan fingerprint density at radius 3 is 2.42 bits per heavy atom. The molecule has 2 atom stereocenters. The summed E-state index contributed by atoms with van der Waals surface area (Å²) in [7, 11) is 0. The van der Waals surface area contributed by atoms with Gasteiger partial charge in [0.15, 0.2) is 5.15 Å². The zero-order chi connectivity index (χ0) is 26.6. The second-order valence-corrected chi connectivity index (χ2v) is 8.63. The first-order valence-corrected chi connectivity index (χ1v) is 11.2. The monoisotopic (exact) mass is 521 g/mol. The molecule has 1 unspecified atom stereocenters. The standard InChI is InChI=1S/C25H23ClF3N3O4/c1-4-15(18-9-19(18)24(34)35)5-6-16(25(27,28)29)10-31-23(33)22-13(2)7-17(8-14(22)3)36-21-12-30-11-20(26)32-21/h4-8,11-12,18-19H,1,9-10H2,2-3H3,(H,31,33)(H,34,35)/b15-5+,16-6+/t18?,19-/m1/s1. The SMILES string of the molecule is C=C/C(=C\C=C(/CNC(=O)c1c(C)cc(Oc2cncc(Cl)n2)cc1C)C(F)(F)F)C1C[C@H]1C(=O)O. The summed E-state index contributed by atoms with van der Waals surface area (Å²) in [4.78, 5) is 31.7. The van der Waals surface area contributed by atoms with Gasteiger partial charge in [-0.25, -0.2) is 0 Å². The second-order valence-electron chi connectivity index (χ2n) is 8.24. The lowest BCUT2D eigenvalue weighted by molar-refractivity contribution is -0.138. The van der Waals surface area contributed by atoms with E-state index in [1.807, 2.05) is 0 Å². The molecule has 1 aliphatic carbocycles. The summed E-state index contributed by atoms with van der Waals surface area (Å²) < 4.78 is 46.4. The van der Waals surface area contributed by atoms with Crippen LogP contribution in [0.1, 0.15) is 27.9 Å². The van der Waals surface area contributed by atoms with Gasteiger partial charge in [-0.05, 0) is 55.0 Å². The normalized spacial score (nSPS) is 17.9. The molecular formula is C25H23ClF3N3O4. The number of alkyl halides is 3. The zero-order valence-corrected chi connectivity index (χ0v) is 20.2. The number of nitrogens with one attached hydrogen (secondary N) is 1. The Hall–Kier alpha value is -3.66. The number of carboxylic acid groups (broad SMARTS) is 1. The molecule has 1 heterocycles. The molecule has 0 radical (unpaired) electrons. The van der Waals surface area contributed by atoms with Crippen LogP contribution in [0.2, 0.25) is 5.15 Å². The van der Waals surface area contributed by atoms with Crippen LogP contribution in [-0.4, -0.2) is 39.7 Å². The average Bonchev–Trinajstić information content (AvgIpc) is 3.56. The van der Waals surface area contributed by atoms with Crippen molar-refractivity contribution in [1.82, 2.24) is 15.3 Å². The van der Waals surface area contributed by atoms with Gasteiger partial charge in [-0.1, -0.05) is 36.4 Å². The summed E-state index contributed by atoms with van der Waals surface area (Å²) in [5.41, 5.74) is 0.597. The van der Waals surface area contributed by atoms with Crippen LogP contribution in [0.3, 0.4) is 0 Å². The number of benzene rings is 1. The molecule has 3 rings (SSSR count). The Kier molecular flexibility index (Phi) is 8.19. The number of aromatic nitrogens is 2. The van der Waals surface area contributed by atoms with Gasteiger partial charge in [-0.15, -0.1) is 0 Å². The van der Waals surface area contributed by atoms with Crippen LogP contribution in [0, 0.1) is 25.7 Å². The third kappa shape index (κ3) is 6.72. The van der Waals surface area contributed by atoms with Gasteiger partial charge in [0.25, 0.3) is 5.91 Å². The summed E-state index contributed by atoms with van der Waals surface area (Å²) >= 11 is 5.79. The fourth-order valence-electron chi connectivity index (χ4n) is 3.73. The largest absolute Gasteiger partial charge is 0.481 e. The predicted molar refractivity (Wildman–Crippen MR) is 127 cm³/mol. The van der Waals surface area contributed by atoms with Crippen LogP contribution in [-0.2, 0) is 4.79 Å². The minimum Gasteiger partial charge on any atom is -0.481 e. The van der Waals surface area contributed by atoms with Crippen molar-refractivity contribution in [3.8, 4) is 11.6 Å². The maximum Gasteiger partial charge on any atom is 0.414 e. The minimum atomic E-state index is -4.70. The summed E-state index contributed by atoms with van der Waals surface area (Å²) in [5, 5.41) is 11.5. The van der Waals surface area contributed by atoms with Crippen molar-refractivity contribution in [2.45, 2.75) is 26.4 Å². The molecule has 1 fully saturated rings. The molecule has 11 heteroatoms. The van der Waals surface area contributed by atoms with Gasteiger partial charge in [0.1, 0.15) is 5.75 Å². The third-order valence-electron chi connectivity index (χ3n) is 5.59. The molecule has 36 heavy (non-hydrogen) atoms. The molecule has 1 aromatic carbocycles. The number of aliphatic carboxylic acids is 1. The maximum atomic E-state index is 13.6. The molecule has 1 amide bonds. The van der Waals surface area contributed by atoms with E-state index < -0.39 is 36.1 Å². The smallest absolute Gasteiger partial charge is 0.414 e. The van der Waals surface area contributed by atoms with E-state index in [-0.39, 0.29) is 22.5 Å². The first kappa shape index (κ1) is 26.9. The van der Waals surface area contributed by atoms with E-state index in [1.54, 1.807) is 26.0 Å². The van der Waals surface area contributed by atoms with E-state index in [1.165, 1.54) is 24.5 Å². The van der Waals surface area contributed by atoms with E-state index in [0.717, 1.165) is 6.08 Å². The number of carboxylic acids is 1. The Labute approximate surface area is 210 Å². The Morgan fingerprint density at radius 1 is 1.22 bits per heavy atom. The maximum absolute atomic E-state index is 13.6. The van der Waals surface area contributed by atoms with Gasteiger partial charge in [0, 0.05) is 12.1 Å². The van der Waals surface area contributed by atoms with Crippen LogP contribution in [0.5, 0.6) is 11.6 Å². The number of hydrogen-bond acceptors (Lipinski definition) is 5. The van der Waals surface area contributed by atoms with Crippen molar-refractivity contribution in [3.05, 3.63) is 82.3 Å². The lowest BCUT2D eigenvalue weighted by Crippen LogP contribution is -2.31. The molecule has 2 aromatic rings. The number of carbonyl (C=O) groups is 2. The number of aryl methyl sites for hydroxylation is 2. The van der Waals surface area contributed by atoms with Gasteiger partial charge >= 0.3 is 12.1 Å². The molecule has 0 bridgehead atoms. The van der Waals surface area contributed by atoms with E-state index >= 15 is 0 Å². The Balaban J connectivity index is 1.75. The minimum absolute atomic E-state index is 0.138. The number of halogens is 4. The van der Waals surface area contributed by atoms with Crippen molar-refractivity contribution in [2.75, 3.05) is 6.54 Å². The molecule has 7 nitrogen and oxygen atoms in total. The topological polar surface area (TPSA) is 101 Å². The van der Waals surface area contributed by atoms with E-state index in [2.05, 4.69) is 21.9 Å². The highest BCUT2D eigenvalue weighted by Crippen LogP contribution is 2.44. The molecule has 2 N–H and O–H groups in total. The fourth-order valence-corrected chi connectivity index (χ4v) is 3.87. The summed E-state index contributed by atoms with van der Waals surface area (Å²) in [6, 6.07) is 3.11. The van der Waals surface area contributed by atoms with Gasteiger partial charge in [0.05, 0.1) is 23.9 Å². The lowest BCUT2D eigenvalue weighted by Gasteiger charge is -2.15. The first-order valence-electron chi connectivity index (χ1n) is 10.8. The van der Waals surface area contributed by atoms with Crippen LogP contribution < -0.4 is 10.1 Å². The van der Waals surface area contributed by atoms with E-state index in [4.69, 9.17) is 21.4 Å². The molecule has 0 spiro atoms. The first-order chi connectivity index (χ1) is 16.9. The van der Waals surface area contributed by atoms with Gasteiger partial charge in [-0.2, -0.15) is 18.2 Å². The fraction of sp³-hybridized carbons (Fsp3) is 0.280. The number of hydrogen-bond donors (Lipinski definition) is 2. The molecule has 1 aliphatic rings. The predicted octanol–water partition coefficient (Wildman–Crippen LogP) is 5.59. The molecule has 1 aromatic heterocycles. The van der Waals surface area contributed by atoms with Gasteiger partial charge in [0.2, 0.25) is 5.88 Å². The number of carbonyl (C=O) groups excluding carboxylic acids is 1. The van der Waals surface area contributed by atoms with Crippen LogP contribution >= 0.6 is 11.6 Å². The van der Waals surface area contributed by atoms with Crippen molar-refractivity contribution < 1.29 is 32.6 Å². The number of allylic oxidation sites excluding steroid dienone is 4. The number of nitrogens with zero attached hydrogens (tertiary/aromatic N) is 2. The average molecular weight is 522 g/mol. The Bertz CT molecular complexity index is 1230. The van der Waals surface area contributed by atoms with Crippen molar-refractivity contribution in [1.29, 1.82) is 0 Å². The molecule has 0 saturated heterocycles. The summed E-state index contributed by atoms with van der Waals surface area (Å²) in [6.07, 6.45) is 1.75. The highest BCUT2D eigenvalue weighted by molar-refractivity contribution is 6.29. The molecular weight excluding hydrogens is 499 g/mol. The van der Waals surface area contributed by atoms with Gasteiger partial charge in [-0.3, -0.25) is 14.6 Å². The lowest BCUT2D eigenvalue weighted by atomic mass is 10.0. The van der Waals surface area contributed by atoms with E-state index in [9.17, 15) is 22.8 Å². The summed E-state index contributed by atoms with van der Waals surface area (Å²) in [5.74, 6) is -2.18. The van der Waals surface area contributed by atoms with Crippen molar-refractivity contribution in [2.24, 2.45) is 11.8 Å². The van der Waals surface area contributed by atoms with Gasteiger partial charge < -0.3 is 15.2 Å². The van der Waals surface area contributed by atoms with Crippen molar-refractivity contribution >= 4 is 23.5 Å². The third-order valence-corrected chi connectivity index (χ3v) is 5.77. The quantitative estimate of drug-likeness (QED) is 0.417. The highest BCUT2D eigenvalue weighted by Gasteiger charge is 2.44. The second kappa shape index (κ2) is 10.9. The number of rotatable bonds is 9. The summed E-state index contributed by atoms with van der Waals surface area (Å²) in [6.45, 7) is 6.05. The highest BCUT2D eigenvalue weighted by atomic mass is 35.5. The zero-order valence-electron chi connectivity index (χ0n) is 19.4. The number of ether oxygens (including phenoxy) is 1. The Morgan fingerprint density at radius 2 is 1.89 bits per heavy atom. The van der Waals surface area contributed by atoms with Crippen LogP contribution in [0.25, 0.3) is 0 Å². The number of amides is 1. The molecule has 1 saturated carbocycles. The molecule has 190 valence electrons. The van der Waals surface area contributed by atoms with Crippen LogP contribution in [0.15, 0.2) is 60.5 Å². The van der Waals surface area contributed by atoms with E-state index in [0.29, 0.717) is 28.9 Å².